The van der Waals surface area contributed by atoms with Crippen LogP contribution in [0.1, 0.15) is 5.56 Å². The molecule has 1 aromatic rings. The molecule has 0 fully saturated rings. The van der Waals surface area contributed by atoms with E-state index in [0.717, 1.165) is 15.4 Å². The lowest BCUT2D eigenvalue weighted by Crippen LogP contribution is -2.05. The molecule has 0 atom stereocenters. The quantitative estimate of drug-likeness (QED) is 0.422. The molecular formula is C7H7BS2. The first-order chi connectivity index (χ1) is 4.61. The number of aryl methyl sites for hydroxylation is 1. The van der Waals surface area contributed by atoms with Gasteiger partial charge in [-0.15, -0.1) is 25.3 Å². The third kappa shape index (κ3) is 1.52. The molecule has 1 aromatic carbocycles. The summed E-state index contributed by atoms with van der Waals surface area (Å²) in [6.45, 7) is 1.96. The molecule has 0 aromatic heterocycles. The summed E-state index contributed by atoms with van der Waals surface area (Å²) in [4.78, 5) is 1.72. The van der Waals surface area contributed by atoms with Crippen molar-refractivity contribution in [3.05, 3.63) is 17.7 Å². The van der Waals surface area contributed by atoms with Gasteiger partial charge in [0.15, 0.2) is 0 Å². The van der Waals surface area contributed by atoms with Crippen LogP contribution in [0.15, 0.2) is 21.9 Å². The fraction of sp³-hybridized carbons (Fsp3) is 0.143. The van der Waals surface area contributed by atoms with Crippen molar-refractivity contribution < 1.29 is 0 Å². The monoisotopic (exact) mass is 166 g/mol. The van der Waals surface area contributed by atoms with Gasteiger partial charge in [0.05, 0.1) is 0 Å². The average molecular weight is 166 g/mol. The van der Waals surface area contributed by atoms with Crippen molar-refractivity contribution in [2.75, 3.05) is 0 Å². The largest absolute Gasteiger partial charge is 0.144 e. The molecule has 0 aliphatic carbocycles. The minimum Gasteiger partial charge on any atom is -0.144 e. The van der Waals surface area contributed by atoms with Crippen molar-refractivity contribution >= 4 is 38.6 Å². The van der Waals surface area contributed by atoms with Crippen LogP contribution < -0.4 is 5.46 Å². The Hall–Kier alpha value is -0.0151. The third-order valence-corrected chi connectivity index (χ3v) is 2.21. The van der Waals surface area contributed by atoms with Gasteiger partial charge in [0.25, 0.3) is 0 Å². The van der Waals surface area contributed by atoms with Gasteiger partial charge >= 0.3 is 0 Å². The lowest BCUT2D eigenvalue weighted by atomic mass is 9.94. The van der Waals surface area contributed by atoms with Crippen molar-refractivity contribution in [2.45, 2.75) is 16.7 Å². The van der Waals surface area contributed by atoms with Crippen LogP contribution in [0.5, 0.6) is 0 Å². The summed E-state index contributed by atoms with van der Waals surface area (Å²) < 4.78 is 0. The van der Waals surface area contributed by atoms with E-state index in [1.807, 2.05) is 19.1 Å². The van der Waals surface area contributed by atoms with Crippen LogP contribution in [0, 0.1) is 6.92 Å². The summed E-state index contributed by atoms with van der Waals surface area (Å²) >= 11 is 8.35. The second-order valence-corrected chi connectivity index (χ2v) is 3.16. The van der Waals surface area contributed by atoms with Gasteiger partial charge in [-0.1, -0.05) is 11.5 Å². The summed E-state index contributed by atoms with van der Waals surface area (Å²) in [6.07, 6.45) is 0. The van der Waals surface area contributed by atoms with Gasteiger partial charge in [0.1, 0.15) is 7.85 Å². The number of hydrogen-bond acceptors (Lipinski definition) is 2. The van der Waals surface area contributed by atoms with Crippen LogP contribution in [0.4, 0.5) is 0 Å². The molecule has 3 heteroatoms. The molecule has 0 nitrogen and oxygen atoms in total. The molecule has 10 heavy (non-hydrogen) atoms. The summed E-state index contributed by atoms with van der Waals surface area (Å²) in [5, 5.41) is 0. The van der Waals surface area contributed by atoms with E-state index >= 15 is 0 Å². The molecule has 50 valence electrons. The Bertz CT molecular complexity index is 208. The maximum Gasteiger partial charge on any atom is 0.115 e. The van der Waals surface area contributed by atoms with E-state index in [2.05, 4.69) is 25.3 Å². The Kier molecular flexibility index (Phi) is 2.37. The highest BCUT2D eigenvalue weighted by Crippen LogP contribution is 2.14. The highest BCUT2D eigenvalue weighted by Gasteiger charge is 1.96. The van der Waals surface area contributed by atoms with Crippen molar-refractivity contribution in [1.82, 2.24) is 0 Å². The highest BCUT2D eigenvalue weighted by atomic mass is 32.1. The van der Waals surface area contributed by atoms with Crippen LogP contribution in [0.2, 0.25) is 0 Å². The lowest BCUT2D eigenvalue weighted by molar-refractivity contribution is 1.27. The van der Waals surface area contributed by atoms with E-state index in [4.69, 9.17) is 7.85 Å². The summed E-state index contributed by atoms with van der Waals surface area (Å²) in [6, 6.07) is 3.71. The number of benzene rings is 1. The Morgan fingerprint density at radius 1 is 1.20 bits per heavy atom. The smallest absolute Gasteiger partial charge is 0.115 e. The van der Waals surface area contributed by atoms with E-state index in [1.54, 1.807) is 0 Å². The summed E-state index contributed by atoms with van der Waals surface area (Å²) in [5.74, 6) is 0. The van der Waals surface area contributed by atoms with Crippen molar-refractivity contribution in [2.24, 2.45) is 0 Å². The Morgan fingerprint density at radius 2 is 1.80 bits per heavy atom. The molecule has 0 saturated carbocycles. The molecule has 0 amide bonds. The summed E-state index contributed by atoms with van der Waals surface area (Å²) in [7, 11) is 5.58. The fourth-order valence-corrected chi connectivity index (χ4v) is 1.20. The van der Waals surface area contributed by atoms with Crippen LogP contribution in [0.3, 0.4) is 0 Å². The fourth-order valence-electron chi connectivity index (χ4n) is 0.708. The van der Waals surface area contributed by atoms with Crippen LogP contribution in [-0.2, 0) is 0 Å². The molecule has 0 aliphatic heterocycles. The topological polar surface area (TPSA) is 0 Å². The molecule has 0 heterocycles. The van der Waals surface area contributed by atoms with Gasteiger partial charge in [-0.3, -0.25) is 0 Å². The van der Waals surface area contributed by atoms with E-state index in [-0.39, 0.29) is 0 Å². The first kappa shape index (κ1) is 8.09. The van der Waals surface area contributed by atoms with Crippen molar-refractivity contribution in [3.63, 3.8) is 0 Å². The standard InChI is InChI=1S/C7H7BS2/c1-4-2-5(8)7(10)3-6(4)9/h2-3,9-10H,1H3. The van der Waals surface area contributed by atoms with Crippen LogP contribution in [-0.4, -0.2) is 7.85 Å². The zero-order valence-corrected chi connectivity index (χ0v) is 7.42. The Labute approximate surface area is 73.3 Å². The average Bonchev–Trinajstić information content (AvgIpc) is 1.84. The number of rotatable bonds is 0. The van der Waals surface area contributed by atoms with Gasteiger partial charge in [-0.2, -0.15) is 0 Å². The molecule has 0 bridgehead atoms. The Balaban J connectivity index is 3.28. The van der Waals surface area contributed by atoms with Crippen molar-refractivity contribution in [1.29, 1.82) is 0 Å². The molecule has 1 rings (SSSR count). The molecule has 0 spiro atoms. The molecule has 0 saturated heterocycles. The van der Waals surface area contributed by atoms with Gasteiger partial charge in [-0.05, 0) is 23.4 Å². The van der Waals surface area contributed by atoms with Gasteiger partial charge in [0.2, 0.25) is 0 Å². The van der Waals surface area contributed by atoms with Gasteiger partial charge in [-0.25, -0.2) is 0 Å². The molecule has 0 unspecified atom stereocenters. The molecule has 0 aliphatic rings. The second kappa shape index (κ2) is 2.93. The van der Waals surface area contributed by atoms with Gasteiger partial charge in [0, 0.05) is 4.90 Å². The highest BCUT2D eigenvalue weighted by molar-refractivity contribution is 7.81. The van der Waals surface area contributed by atoms with Crippen LogP contribution in [0.25, 0.3) is 0 Å². The van der Waals surface area contributed by atoms with Crippen LogP contribution >= 0.6 is 25.3 Å². The van der Waals surface area contributed by atoms with E-state index in [1.165, 1.54) is 0 Å². The van der Waals surface area contributed by atoms with E-state index in [9.17, 15) is 0 Å². The minimum atomic E-state index is 0.707. The summed E-state index contributed by atoms with van der Waals surface area (Å²) in [5.41, 5.74) is 1.79. The zero-order valence-electron chi connectivity index (χ0n) is 5.63. The van der Waals surface area contributed by atoms with Gasteiger partial charge < -0.3 is 0 Å². The predicted octanol–water partition coefficient (Wildman–Crippen LogP) is 1.37. The first-order valence-corrected chi connectivity index (χ1v) is 3.79. The zero-order chi connectivity index (χ0) is 7.72. The SMILES string of the molecule is [B]c1cc(C)c(S)cc1S. The predicted molar refractivity (Wildman–Crippen MR) is 51.1 cm³/mol. The molecular weight excluding hydrogens is 159 g/mol. The maximum absolute atomic E-state index is 5.58. The first-order valence-electron chi connectivity index (χ1n) is 2.89. The van der Waals surface area contributed by atoms with E-state index < -0.39 is 0 Å². The lowest BCUT2D eigenvalue weighted by Gasteiger charge is -2.03. The number of thiol groups is 2. The molecule has 0 N–H and O–H groups in total. The number of hydrogen-bond donors (Lipinski definition) is 2. The minimum absolute atomic E-state index is 0.707. The van der Waals surface area contributed by atoms with E-state index in [0.29, 0.717) is 5.46 Å². The normalized spacial score (nSPS) is 9.90. The van der Waals surface area contributed by atoms with Crippen molar-refractivity contribution in [3.8, 4) is 0 Å². The third-order valence-electron chi connectivity index (χ3n) is 1.35. The second-order valence-electron chi connectivity index (χ2n) is 2.20. The molecule has 2 radical (unpaired) electrons. The maximum atomic E-state index is 5.58. The Morgan fingerprint density at radius 3 is 2.30 bits per heavy atom.